The van der Waals surface area contributed by atoms with Gasteiger partial charge in [-0.05, 0) is 44.9 Å². The highest BCUT2D eigenvalue weighted by molar-refractivity contribution is 5.97. The van der Waals surface area contributed by atoms with Crippen molar-refractivity contribution < 1.29 is 23.9 Å². The maximum atomic E-state index is 12.8. The zero-order chi connectivity index (χ0) is 19.5. The quantitative estimate of drug-likeness (QED) is 0.771. The molecule has 0 unspecified atom stereocenters. The molecule has 0 radical (unpaired) electrons. The number of carbonyl (C=O) groups is 3. The smallest absolute Gasteiger partial charge is 0.417 e. The van der Waals surface area contributed by atoms with E-state index in [9.17, 15) is 14.4 Å². The number of carbonyl (C=O) groups excluding carboxylic acids is 3. The number of likely N-dealkylation sites (tertiary alicyclic amines) is 1. The average Bonchev–Trinajstić information content (AvgIpc) is 2.90. The molecule has 0 spiro atoms. The van der Waals surface area contributed by atoms with Gasteiger partial charge in [-0.3, -0.25) is 9.59 Å². The van der Waals surface area contributed by atoms with E-state index in [1.54, 1.807) is 45.0 Å². The largest absolute Gasteiger partial charge is 0.469 e. The fourth-order valence-corrected chi connectivity index (χ4v) is 2.87. The van der Waals surface area contributed by atoms with E-state index in [0.717, 1.165) is 4.90 Å². The summed E-state index contributed by atoms with van der Waals surface area (Å²) in [6.07, 6.45) is -0.551. The Morgan fingerprint density at radius 2 is 1.88 bits per heavy atom. The number of benzene rings is 1. The molecule has 2 rings (SSSR count). The molecule has 1 aliphatic rings. The maximum absolute atomic E-state index is 12.8. The third kappa shape index (κ3) is 4.39. The predicted octanol–water partition coefficient (Wildman–Crippen LogP) is 2.95. The Bertz CT molecular complexity index is 743. The predicted molar refractivity (Wildman–Crippen MR) is 91.7 cm³/mol. The topological polar surface area (TPSA) is 96.7 Å². The van der Waals surface area contributed by atoms with Crippen molar-refractivity contribution in [2.45, 2.75) is 45.3 Å². The monoisotopic (exact) mass is 358 g/mol. The van der Waals surface area contributed by atoms with Gasteiger partial charge in [-0.2, -0.15) is 5.26 Å². The average molecular weight is 358 g/mol. The van der Waals surface area contributed by atoms with Gasteiger partial charge in [-0.25, -0.2) is 9.69 Å². The van der Waals surface area contributed by atoms with Crippen LogP contribution in [0, 0.1) is 17.2 Å². The zero-order valence-electron chi connectivity index (χ0n) is 15.3. The number of methoxy groups -OCH3 is 1. The van der Waals surface area contributed by atoms with Gasteiger partial charge in [0.25, 0.3) is 0 Å². The molecule has 2 atom stereocenters. The van der Waals surface area contributed by atoms with Gasteiger partial charge in [-0.1, -0.05) is 12.1 Å². The summed E-state index contributed by atoms with van der Waals surface area (Å²) in [7, 11) is 1.26. The number of nitriles is 1. The molecule has 1 aliphatic heterocycles. The Hall–Kier alpha value is -2.88. The fraction of sp³-hybridized carbons (Fsp3) is 0.474. The molecule has 0 N–H and O–H groups in total. The lowest BCUT2D eigenvalue weighted by Gasteiger charge is -2.27. The second kappa shape index (κ2) is 7.56. The first-order chi connectivity index (χ1) is 12.2. The van der Waals surface area contributed by atoms with Crippen molar-refractivity contribution >= 4 is 18.0 Å². The highest BCUT2D eigenvalue weighted by Gasteiger charge is 2.46. The fourth-order valence-electron chi connectivity index (χ4n) is 2.87. The molecule has 1 aromatic rings. The Morgan fingerprint density at radius 1 is 1.27 bits per heavy atom. The van der Waals surface area contributed by atoms with Crippen LogP contribution in [0.2, 0.25) is 0 Å². The lowest BCUT2D eigenvalue weighted by molar-refractivity contribution is -0.144. The van der Waals surface area contributed by atoms with E-state index in [0.29, 0.717) is 17.5 Å². The van der Waals surface area contributed by atoms with E-state index < -0.39 is 35.5 Å². The normalized spacial score (nSPS) is 19.8. The molecule has 26 heavy (non-hydrogen) atoms. The molecule has 1 aromatic carbocycles. The number of rotatable bonds is 3. The van der Waals surface area contributed by atoms with E-state index in [2.05, 4.69) is 4.74 Å². The number of hydrogen-bond acceptors (Lipinski definition) is 6. The first-order valence-electron chi connectivity index (χ1n) is 8.29. The van der Waals surface area contributed by atoms with Crippen molar-refractivity contribution in [2.75, 3.05) is 7.11 Å². The molecule has 1 saturated heterocycles. The molecule has 138 valence electrons. The van der Waals surface area contributed by atoms with Crippen LogP contribution in [0.4, 0.5) is 4.79 Å². The number of hydrogen-bond donors (Lipinski definition) is 0. The highest BCUT2D eigenvalue weighted by atomic mass is 16.6. The summed E-state index contributed by atoms with van der Waals surface area (Å²) >= 11 is 0. The minimum Gasteiger partial charge on any atom is -0.469 e. The number of nitrogens with zero attached hydrogens (tertiary/aromatic N) is 2. The van der Waals surface area contributed by atoms with Gasteiger partial charge in [0.1, 0.15) is 5.60 Å². The van der Waals surface area contributed by atoms with E-state index in [1.807, 2.05) is 6.07 Å². The Balaban J connectivity index is 2.34. The van der Waals surface area contributed by atoms with Crippen molar-refractivity contribution in [1.29, 1.82) is 5.26 Å². The first-order valence-corrected chi connectivity index (χ1v) is 8.29. The molecule has 7 nitrogen and oxygen atoms in total. The van der Waals surface area contributed by atoms with Crippen LogP contribution in [0.25, 0.3) is 0 Å². The molecule has 1 heterocycles. The van der Waals surface area contributed by atoms with Crippen molar-refractivity contribution in [2.24, 2.45) is 5.92 Å². The molecule has 7 heteroatoms. The SMILES string of the molecule is COC(=O)C[C@@H]1C[C@@H](c2ccc(C#N)cc2)N(C(=O)OC(C)(C)C)C1=O. The second-order valence-corrected chi connectivity index (χ2v) is 7.15. The molecule has 1 fully saturated rings. The summed E-state index contributed by atoms with van der Waals surface area (Å²) in [5.74, 6) is -1.62. The van der Waals surface area contributed by atoms with Crippen LogP contribution in [0.3, 0.4) is 0 Å². The standard InChI is InChI=1S/C19H22N2O5/c1-19(2,3)26-18(24)21-15(13-7-5-12(11-20)6-8-13)9-14(17(21)23)10-16(22)25-4/h5-8,14-15H,9-10H2,1-4H3/t14-,15-/m0/s1. The third-order valence-electron chi connectivity index (χ3n) is 4.06. The molecular formula is C19H22N2O5. The van der Waals surface area contributed by atoms with E-state index in [1.165, 1.54) is 7.11 Å². The van der Waals surface area contributed by atoms with Crippen LogP contribution in [-0.4, -0.2) is 35.6 Å². The minimum absolute atomic E-state index is 0.0958. The van der Waals surface area contributed by atoms with Crippen LogP contribution in [0.15, 0.2) is 24.3 Å². The van der Waals surface area contributed by atoms with Crippen molar-refractivity contribution in [1.82, 2.24) is 4.90 Å². The summed E-state index contributed by atoms with van der Waals surface area (Å²) in [4.78, 5) is 38.0. The van der Waals surface area contributed by atoms with Gasteiger partial charge >= 0.3 is 12.1 Å². The van der Waals surface area contributed by atoms with E-state index >= 15 is 0 Å². The van der Waals surface area contributed by atoms with Crippen LogP contribution >= 0.6 is 0 Å². The van der Waals surface area contributed by atoms with Crippen LogP contribution in [0.1, 0.15) is 50.8 Å². The van der Waals surface area contributed by atoms with Crippen LogP contribution in [-0.2, 0) is 19.1 Å². The molecule has 0 saturated carbocycles. The summed E-state index contributed by atoms with van der Waals surface area (Å²) < 4.78 is 10.0. The van der Waals surface area contributed by atoms with Crippen molar-refractivity contribution in [3.05, 3.63) is 35.4 Å². The number of imide groups is 1. The van der Waals surface area contributed by atoms with Gasteiger partial charge in [0.05, 0.1) is 37.1 Å². The summed E-state index contributed by atoms with van der Waals surface area (Å²) in [6, 6.07) is 8.13. The highest BCUT2D eigenvalue weighted by Crippen LogP contribution is 2.39. The Labute approximate surface area is 152 Å². The van der Waals surface area contributed by atoms with Gasteiger partial charge < -0.3 is 9.47 Å². The van der Waals surface area contributed by atoms with Gasteiger partial charge in [0.15, 0.2) is 0 Å². The lowest BCUT2D eigenvalue weighted by Crippen LogP contribution is -2.40. The Kier molecular flexibility index (Phi) is 5.66. The summed E-state index contributed by atoms with van der Waals surface area (Å²) in [5.41, 5.74) is 0.427. The lowest BCUT2D eigenvalue weighted by atomic mass is 9.97. The van der Waals surface area contributed by atoms with Gasteiger partial charge in [-0.15, -0.1) is 0 Å². The number of amides is 2. The van der Waals surface area contributed by atoms with Gasteiger partial charge in [0.2, 0.25) is 5.91 Å². The second-order valence-electron chi connectivity index (χ2n) is 7.15. The molecular weight excluding hydrogens is 336 g/mol. The van der Waals surface area contributed by atoms with Crippen molar-refractivity contribution in [3.8, 4) is 6.07 Å². The van der Waals surface area contributed by atoms with Gasteiger partial charge in [0, 0.05) is 0 Å². The molecule has 0 aliphatic carbocycles. The third-order valence-corrected chi connectivity index (χ3v) is 4.06. The summed E-state index contributed by atoms with van der Waals surface area (Å²) in [6.45, 7) is 5.15. The first kappa shape index (κ1) is 19.4. The number of ether oxygens (including phenoxy) is 2. The van der Waals surface area contributed by atoms with Crippen LogP contribution in [0.5, 0.6) is 0 Å². The van der Waals surface area contributed by atoms with Crippen LogP contribution < -0.4 is 0 Å². The minimum atomic E-state index is -0.757. The van der Waals surface area contributed by atoms with E-state index in [4.69, 9.17) is 10.00 Å². The molecule has 2 amide bonds. The number of esters is 1. The molecule has 0 aromatic heterocycles. The zero-order valence-corrected chi connectivity index (χ0v) is 15.3. The van der Waals surface area contributed by atoms with Crippen molar-refractivity contribution in [3.63, 3.8) is 0 Å². The van der Waals surface area contributed by atoms with E-state index in [-0.39, 0.29) is 6.42 Å². The molecule has 0 bridgehead atoms. The Morgan fingerprint density at radius 3 is 2.38 bits per heavy atom. The maximum Gasteiger partial charge on any atom is 0.417 e. The summed E-state index contributed by atoms with van der Waals surface area (Å²) in [5, 5.41) is 8.93.